The number of halogens is 6. The Hall–Kier alpha value is -2.26. The zero-order valence-electron chi connectivity index (χ0n) is 10.2. The van der Waals surface area contributed by atoms with Crippen molar-refractivity contribution in [3.05, 3.63) is 36.3 Å². The van der Waals surface area contributed by atoms with Crippen molar-refractivity contribution >= 4 is 11.2 Å². The van der Waals surface area contributed by atoms with Crippen molar-refractivity contribution in [2.45, 2.75) is 12.4 Å². The van der Waals surface area contributed by atoms with Gasteiger partial charge in [-0.05, 0) is 6.07 Å². The second kappa shape index (κ2) is 4.93. The minimum absolute atomic E-state index is 0.00711. The average Bonchev–Trinajstić information content (AvgIpc) is 2.73. The highest BCUT2D eigenvalue weighted by Crippen LogP contribution is 2.37. The molecule has 0 radical (unpaired) electrons. The Kier molecular flexibility index (Phi) is 3.56. The lowest BCUT2D eigenvalue weighted by molar-refractivity contribution is -0.155. The van der Waals surface area contributed by atoms with E-state index >= 15 is 0 Å². The molecule has 10 heteroatoms. The van der Waals surface area contributed by atoms with Crippen molar-refractivity contribution in [2.24, 2.45) is 0 Å². The second-order valence-corrected chi connectivity index (χ2v) is 3.84. The van der Waals surface area contributed by atoms with Gasteiger partial charge in [0.2, 0.25) is 0 Å². The number of hydrogen-bond donors (Lipinski definition) is 0. The highest BCUT2D eigenvalue weighted by molar-refractivity contribution is 5.76. The van der Waals surface area contributed by atoms with Gasteiger partial charge in [0, 0.05) is 6.20 Å². The van der Waals surface area contributed by atoms with Crippen LogP contribution in [-0.2, 0) is 12.4 Å². The molecule has 2 rings (SSSR count). The van der Waals surface area contributed by atoms with Gasteiger partial charge in [0.1, 0.15) is 12.1 Å². The fourth-order valence-electron chi connectivity index (χ4n) is 1.64. The number of rotatable bonds is 3. The molecule has 0 aliphatic rings. The van der Waals surface area contributed by atoms with Crippen molar-refractivity contribution in [1.29, 1.82) is 0 Å². The van der Waals surface area contributed by atoms with E-state index in [1.54, 1.807) is 0 Å². The molecular formula is C11H7F6N3O. The first-order valence-corrected chi connectivity index (χ1v) is 5.42. The molecule has 21 heavy (non-hydrogen) atoms. The third kappa shape index (κ3) is 2.78. The first-order chi connectivity index (χ1) is 9.66. The number of alkyl halides is 6. The summed E-state index contributed by atoms with van der Waals surface area (Å²) in [5.74, 6) is -1.62. The fraction of sp³-hybridized carbons (Fsp3) is 0.273. The van der Waals surface area contributed by atoms with Gasteiger partial charge < -0.3 is 4.84 Å². The molecule has 0 atom stereocenters. The van der Waals surface area contributed by atoms with Gasteiger partial charge in [-0.3, -0.25) is 0 Å². The summed E-state index contributed by atoms with van der Waals surface area (Å²) in [5.41, 5.74) is -2.92. The number of pyridine rings is 1. The van der Waals surface area contributed by atoms with Crippen LogP contribution >= 0.6 is 0 Å². The van der Waals surface area contributed by atoms with E-state index in [1.807, 2.05) is 0 Å². The standard InChI is InChI=1S/C11H7F6N3O/c1-2-5-21-20-7-6(10(12,13)14)3-4-18-8(7)19-9(20)11(15,16)17/h2-4H,1,5H2. The van der Waals surface area contributed by atoms with Crippen molar-refractivity contribution in [1.82, 2.24) is 14.7 Å². The lowest BCUT2D eigenvalue weighted by Crippen LogP contribution is -2.22. The van der Waals surface area contributed by atoms with E-state index in [-0.39, 0.29) is 4.73 Å². The predicted molar refractivity (Wildman–Crippen MR) is 59.2 cm³/mol. The molecule has 0 aliphatic heterocycles. The maximum atomic E-state index is 12.9. The molecule has 2 heterocycles. The molecule has 0 saturated heterocycles. The van der Waals surface area contributed by atoms with Crippen LogP contribution in [0.3, 0.4) is 0 Å². The molecule has 114 valence electrons. The topological polar surface area (TPSA) is 39.9 Å². The number of fused-ring (bicyclic) bond motifs is 1. The van der Waals surface area contributed by atoms with Gasteiger partial charge in [-0.2, -0.15) is 31.1 Å². The zero-order chi connectivity index (χ0) is 15.8. The third-order valence-electron chi connectivity index (χ3n) is 2.39. The normalized spacial score (nSPS) is 12.7. The first kappa shape index (κ1) is 15.1. The number of aromatic nitrogens is 3. The molecule has 0 amide bonds. The van der Waals surface area contributed by atoms with Crippen LogP contribution in [0.25, 0.3) is 11.2 Å². The Morgan fingerprint density at radius 1 is 1.19 bits per heavy atom. The van der Waals surface area contributed by atoms with Gasteiger partial charge in [0.15, 0.2) is 5.65 Å². The zero-order valence-corrected chi connectivity index (χ0v) is 10.2. The Balaban J connectivity index is 2.80. The van der Waals surface area contributed by atoms with Crippen molar-refractivity contribution < 1.29 is 31.2 Å². The lowest BCUT2D eigenvalue weighted by Gasteiger charge is -2.13. The molecule has 2 aromatic heterocycles. The summed E-state index contributed by atoms with van der Waals surface area (Å²) >= 11 is 0. The van der Waals surface area contributed by atoms with Crippen LogP contribution in [0.5, 0.6) is 0 Å². The van der Waals surface area contributed by atoms with E-state index in [4.69, 9.17) is 0 Å². The van der Waals surface area contributed by atoms with Crippen LogP contribution in [0, 0.1) is 0 Å². The van der Waals surface area contributed by atoms with Crippen LogP contribution in [0.1, 0.15) is 11.4 Å². The number of hydrogen-bond acceptors (Lipinski definition) is 3. The summed E-state index contributed by atoms with van der Waals surface area (Å²) < 4.78 is 77.2. The molecule has 0 aromatic carbocycles. The summed E-state index contributed by atoms with van der Waals surface area (Å²) in [7, 11) is 0. The average molecular weight is 311 g/mol. The van der Waals surface area contributed by atoms with Crippen molar-refractivity contribution in [2.75, 3.05) is 6.61 Å². The second-order valence-electron chi connectivity index (χ2n) is 3.84. The van der Waals surface area contributed by atoms with Crippen LogP contribution in [0.4, 0.5) is 26.3 Å². The molecule has 4 nitrogen and oxygen atoms in total. The molecule has 0 aliphatic carbocycles. The smallest absolute Gasteiger partial charge is 0.407 e. The van der Waals surface area contributed by atoms with Gasteiger partial charge in [0.25, 0.3) is 5.82 Å². The van der Waals surface area contributed by atoms with E-state index in [0.29, 0.717) is 6.07 Å². The largest absolute Gasteiger partial charge is 0.453 e. The van der Waals surface area contributed by atoms with Crippen LogP contribution in [0.2, 0.25) is 0 Å². The van der Waals surface area contributed by atoms with E-state index in [1.165, 1.54) is 0 Å². The first-order valence-electron chi connectivity index (χ1n) is 5.42. The lowest BCUT2D eigenvalue weighted by atomic mass is 10.2. The highest BCUT2D eigenvalue weighted by Gasteiger charge is 2.42. The van der Waals surface area contributed by atoms with Gasteiger partial charge in [-0.15, -0.1) is 0 Å². The molecular weight excluding hydrogens is 304 g/mol. The number of imidazole rings is 1. The minimum Gasteiger partial charge on any atom is -0.407 e. The predicted octanol–water partition coefficient (Wildman–Crippen LogP) is 3.08. The quantitative estimate of drug-likeness (QED) is 0.646. The Morgan fingerprint density at radius 2 is 1.86 bits per heavy atom. The van der Waals surface area contributed by atoms with Crippen molar-refractivity contribution in [3.8, 4) is 0 Å². The summed E-state index contributed by atoms with van der Waals surface area (Å²) in [5, 5.41) is 0. The molecule has 0 fully saturated rings. The van der Waals surface area contributed by atoms with E-state index < -0.39 is 41.5 Å². The van der Waals surface area contributed by atoms with Gasteiger partial charge in [-0.1, -0.05) is 12.7 Å². The summed E-state index contributed by atoms with van der Waals surface area (Å²) in [6.45, 7) is 2.80. The van der Waals surface area contributed by atoms with Crippen LogP contribution < -0.4 is 4.84 Å². The van der Waals surface area contributed by atoms with Gasteiger partial charge >= 0.3 is 12.4 Å². The summed E-state index contributed by atoms with van der Waals surface area (Å²) in [6, 6.07) is 0.554. The molecule has 0 saturated carbocycles. The molecule has 2 aromatic rings. The number of nitrogens with zero attached hydrogens (tertiary/aromatic N) is 3. The molecule has 0 N–H and O–H groups in total. The monoisotopic (exact) mass is 311 g/mol. The van der Waals surface area contributed by atoms with E-state index in [0.717, 1.165) is 12.3 Å². The maximum absolute atomic E-state index is 12.9. The SMILES string of the molecule is C=CCOn1c(C(F)(F)F)nc2nccc(C(F)(F)F)c21. The third-order valence-corrected chi connectivity index (χ3v) is 2.39. The molecule has 0 spiro atoms. The van der Waals surface area contributed by atoms with Gasteiger partial charge in [0.05, 0.1) is 5.56 Å². The highest BCUT2D eigenvalue weighted by atomic mass is 19.4. The maximum Gasteiger partial charge on any atom is 0.453 e. The fourth-order valence-corrected chi connectivity index (χ4v) is 1.64. The summed E-state index contributed by atoms with van der Waals surface area (Å²) in [6.07, 6.45) is -8.05. The Labute approximate surface area is 113 Å². The van der Waals surface area contributed by atoms with Crippen LogP contribution in [0.15, 0.2) is 24.9 Å². The molecule has 0 unspecified atom stereocenters. The van der Waals surface area contributed by atoms with E-state index in [9.17, 15) is 26.3 Å². The van der Waals surface area contributed by atoms with Crippen molar-refractivity contribution in [3.63, 3.8) is 0 Å². The van der Waals surface area contributed by atoms with Gasteiger partial charge in [-0.25, -0.2) is 9.97 Å². The Bertz CT molecular complexity index is 673. The molecule has 0 bridgehead atoms. The minimum atomic E-state index is -5.00. The van der Waals surface area contributed by atoms with E-state index in [2.05, 4.69) is 21.4 Å². The van der Waals surface area contributed by atoms with Crippen LogP contribution in [-0.4, -0.2) is 21.3 Å². The Morgan fingerprint density at radius 3 is 2.38 bits per heavy atom. The summed E-state index contributed by atoms with van der Waals surface area (Å²) in [4.78, 5) is 11.2.